The van der Waals surface area contributed by atoms with Gasteiger partial charge in [-0.1, -0.05) is 90.1 Å². The van der Waals surface area contributed by atoms with E-state index in [1.54, 1.807) is 0 Å². The number of benzene rings is 3. The molecule has 0 N–H and O–H groups in total. The monoisotopic (exact) mass is 384 g/mol. The highest BCUT2D eigenvalue weighted by Gasteiger charge is 2.26. The predicted octanol–water partition coefficient (Wildman–Crippen LogP) is 6.17. The molecule has 0 saturated heterocycles. The molecule has 3 aromatic rings. The number of rotatable bonds is 0. The molecule has 0 amide bonds. The molecule has 0 heterocycles. The summed E-state index contributed by atoms with van der Waals surface area (Å²) >= 11 is 0. The van der Waals surface area contributed by atoms with Crippen LogP contribution in [0.25, 0.3) is 0 Å². The van der Waals surface area contributed by atoms with Crippen LogP contribution >= 0.6 is 0 Å². The van der Waals surface area contributed by atoms with Crippen molar-refractivity contribution in [3.63, 3.8) is 0 Å². The first-order chi connectivity index (χ1) is 14.8. The highest BCUT2D eigenvalue weighted by Crippen LogP contribution is 2.33. The van der Waals surface area contributed by atoms with Crippen molar-refractivity contribution in [2.45, 2.75) is 19.3 Å². The molecule has 0 radical (unpaired) electrons. The van der Waals surface area contributed by atoms with Gasteiger partial charge in [0.2, 0.25) is 0 Å². The van der Waals surface area contributed by atoms with Crippen molar-refractivity contribution in [3.05, 3.63) is 108 Å². The van der Waals surface area contributed by atoms with Gasteiger partial charge in [-0.15, -0.1) is 0 Å². The van der Waals surface area contributed by atoms with E-state index in [0.29, 0.717) is 17.8 Å². The van der Waals surface area contributed by atoms with Gasteiger partial charge in [-0.3, -0.25) is 0 Å². The lowest BCUT2D eigenvalue weighted by molar-refractivity contribution is 0.317. The van der Waals surface area contributed by atoms with Gasteiger partial charge in [-0.05, 0) is 55.7 Å². The maximum atomic E-state index is 3.51. The lowest BCUT2D eigenvalue weighted by Gasteiger charge is -2.27. The van der Waals surface area contributed by atoms with Crippen molar-refractivity contribution in [3.8, 4) is 35.5 Å². The Bertz CT molecular complexity index is 967. The molecular formula is C30H24. The predicted molar refractivity (Wildman–Crippen MR) is 124 cm³/mol. The fourth-order valence-corrected chi connectivity index (χ4v) is 3.79. The minimum absolute atomic E-state index is 0.323. The van der Waals surface area contributed by atoms with Crippen LogP contribution in [0.1, 0.15) is 36.0 Å². The fourth-order valence-electron chi connectivity index (χ4n) is 3.79. The Hall–Kier alpha value is -3.66. The quantitative estimate of drug-likeness (QED) is 0.406. The molecule has 1 saturated carbocycles. The molecule has 1 aliphatic carbocycles. The molecule has 1 fully saturated rings. The summed E-state index contributed by atoms with van der Waals surface area (Å²) in [5.74, 6) is 21.6. The molecule has 0 heteroatoms. The summed E-state index contributed by atoms with van der Waals surface area (Å²) in [7, 11) is 0. The van der Waals surface area contributed by atoms with Gasteiger partial charge in [0.1, 0.15) is 0 Å². The Morgan fingerprint density at radius 1 is 0.400 bits per heavy atom. The zero-order valence-corrected chi connectivity index (χ0v) is 17.0. The van der Waals surface area contributed by atoms with E-state index < -0.39 is 0 Å². The van der Waals surface area contributed by atoms with Crippen molar-refractivity contribution < 1.29 is 0 Å². The van der Waals surface area contributed by atoms with E-state index in [4.69, 9.17) is 0 Å². The van der Waals surface area contributed by atoms with Gasteiger partial charge in [-0.2, -0.15) is 0 Å². The van der Waals surface area contributed by atoms with Crippen LogP contribution in [0.15, 0.2) is 91.0 Å². The second-order valence-electron chi connectivity index (χ2n) is 7.70. The Morgan fingerprint density at radius 3 is 0.933 bits per heavy atom. The van der Waals surface area contributed by atoms with E-state index >= 15 is 0 Å². The van der Waals surface area contributed by atoms with Gasteiger partial charge < -0.3 is 0 Å². The van der Waals surface area contributed by atoms with E-state index in [0.717, 1.165) is 36.0 Å². The third-order valence-corrected chi connectivity index (χ3v) is 5.29. The van der Waals surface area contributed by atoms with Crippen molar-refractivity contribution in [1.29, 1.82) is 0 Å². The summed E-state index contributed by atoms with van der Waals surface area (Å²) in [5.41, 5.74) is 3.21. The van der Waals surface area contributed by atoms with Gasteiger partial charge in [0.25, 0.3) is 0 Å². The van der Waals surface area contributed by atoms with Gasteiger partial charge >= 0.3 is 0 Å². The average molecular weight is 385 g/mol. The highest BCUT2D eigenvalue weighted by atomic mass is 14.3. The summed E-state index contributed by atoms with van der Waals surface area (Å²) in [5, 5.41) is 0. The van der Waals surface area contributed by atoms with Crippen LogP contribution in [0.4, 0.5) is 0 Å². The molecule has 0 bridgehead atoms. The zero-order valence-electron chi connectivity index (χ0n) is 17.0. The summed E-state index contributed by atoms with van der Waals surface area (Å²) < 4.78 is 0. The third kappa shape index (κ3) is 5.92. The molecular weight excluding hydrogens is 360 g/mol. The standard InChI is InChI=1S/C30H24/c1-4-10-25(11-5-1)16-19-28-22-29(20-17-26-12-6-2-7-13-26)24-30(23-28)21-18-27-14-8-3-9-15-27/h1-15,28-30H,22-24H2. The lowest BCUT2D eigenvalue weighted by Crippen LogP contribution is -2.20. The Morgan fingerprint density at radius 2 is 0.667 bits per heavy atom. The smallest absolute Gasteiger partial charge is 0.0245 e. The molecule has 0 unspecified atom stereocenters. The Kier molecular flexibility index (Phi) is 6.69. The van der Waals surface area contributed by atoms with Crippen LogP contribution in [0.3, 0.4) is 0 Å². The molecule has 0 atom stereocenters. The first-order valence-corrected chi connectivity index (χ1v) is 10.5. The average Bonchev–Trinajstić information content (AvgIpc) is 2.82. The minimum Gasteiger partial charge on any atom is -0.0944 e. The first-order valence-electron chi connectivity index (χ1n) is 10.5. The summed E-state index contributed by atoms with van der Waals surface area (Å²) in [6, 6.07) is 30.7. The number of hydrogen-bond acceptors (Lipinski definition) is 0. The van der Waals surface area contributed by atoms with E-state index in [2.05, 4.69) is 71.9 Å². The van der Waals surface area contributed by atoms with Crippen LogP contribution in [-0.2, 0) is 0 Å². The molecule has 0 spiro atoms. The molecule has 1 aliphatic rings. The van der Waals surface area contributed by atoms with E-state index in [1.807, 2.05) is 54.6 Å². The van der Waals surface area contributed by atoms with Gasteiger partial charge in [0.05, 0.1) is 0 Å². The maximum Gasteiger partial charge on any atom is 0.0245 e. The van der Waals surface area contributed by atoms with Crippen molar-refractivity contribution in [2.75, 3.05) is 0 Å². The first kappa shape index (κ1) is 19.6. The second kappa shape index (κ2) is 10.2. The molecule has 0 nitrogen and oxygen atoms in total. The van der Waals surface area contributed by atoms with Crippen molar-refractivity contribution in [1.82, 2.24) is 0 Å². The molecule has 0 aliphatic heterocycles. The summed E-state index contributed by atoms with van der Waals surface area (Å²) in [6.07, 6.45) is 3.05. The normalized spacial score (nSPS) is 19.8. The molecule has 30 heavy (non-hydrogen) atoms. The van der Waals surface area contributed by atoms with E-state index in [9.17, 15) is 0 Å². The SMILES string of the molecule is C(#CC1CC(C#Cc2ccccc2)CC(C#Cc2ccccc2)C1)c1ccccc1. The Labute approximate surface area is 180 Å². The fraction of sp³-hybridized carbons (Fsp3) is 0.200. The second-order valence-corrected chi connectivity index (χ2v) is 7.70. The van der Waals surface area contributed by atoms with Gasteiger partial charge in [-0.25, -0.2) is 0 Å². The van der Waals surface area contributed by atoms with E-state index in [1.165, 1.54) is 0 Å². The Balaban J connectivity index is 1.54. The summed E-state index contributed by atoms with van der Waals surface area (Å²) in [6.45, 7) is 0. The van der Waals surface area contributed by atoms with Crippen LogP contribution < -0.4 is 0 Å². The number of hydrogen-bond donors (Lipinski definition) is 0. The van der Waals surface area contributed by atoms with Crippen LogP contribution in [-0.4, -0.2) is 0 Å². The van der Waals surface area contributed by atoms with Crippen LogP contribution in [0.5, 0.6) is 0 Å². The van der Waals surface area contributed by atoms with Gasteiger partial charge in [0.15, 0.2) is 0 Å². The third-order valence-electron chi connectivity index (χ3n) is 5.29. The lowest BCUT2D eigenvalue weighted by atomic mass is 9.75. The summed E-state index contributed by atoms with van der Waals surface area (Å²) in [4.78, 5) is 0. The molecule has 144 valence electrons. The van der Waals surface area contributed by atoms with E-state index in [-0.39, 0.29) is 0 Å². The molecule has 4 rings (SSSR count). The minimum atomic E-state index is 0.323. The van der Waals surface area contributed by atoms with Crippen LogP contribution in [0.2, 0.25) is 0 Å². The molecule has 3 aromatic carbocycles. The zero-order chi connectivity index (χ0) is 20.4. The van der Waals surface area contributed by atoms with Gasteiger partial charge in [0, 0.05) is 34.4 Å². The molecule has 0 aromatic heterocycles. The largest absolute Gasteiger partial charge is 0.0944 e. The van der Waals surface area contributed by atoms with Crippen molar-refractivity contribution in [2.24, 2.45) is 17.8 Å². The topological polar surface area (TPSA) is 0 Å². The van der Waals surface area contributed by atoms with Crippen molar-refractivity contribution >= 4 is 0 Å². The van der Waals surface area contributed by atoms with Crippen LogP contribution in [0, 0.1) is 53.3 Å². The highest BCUT2D eigenvalue weighted by molar-refractivity contribution is 5.37. The maximum absolute atomic E-state index is 3.51.